The quantitative estimate of drug-likeness (QED) is 0.919. The van der Waals surface area contributed by atoms with Crippen LogP contribution >= 0.6 is 15.9 Å². The first-order chi connectivity index (χ1) is 9.24. The predicted molar refractivity (Wildman–Crippen MR) is 81.4 cm³/mol. The molecule has 0 amide bonds. The first kappa shape index (κ1) is 12.8. The van der Waals surface area contributed by atoms with E-state index in [-0.39, 0.29) is 0 Å². The maximum atomic E-state index is 4.44. The van der Waals surface area contributed by atoms with Crippen LogP contribution in [-0.2, 0) is 0 Å². The topological polar surface area (TPSA) is 41.0 Å². The smallest absolute Gasteiger partial charge is 0.112 e. The normalized spacial score (nSPS) is 15.1. The molecule has 0 spiro atoms. The number of anilines is 1. The molecule has 2 aromatic heterocycles. The van der Waals surface area contributed by atoms with Crippen LogP contribution in [0.25, 0.3) is 11.0 Å². The molecule has 0 aromatic carbocycles. The van der Waals surface area contributed by atoms with Gasteiger partial charge in [-0.3, -0.25) is 9.97 Å². The van der Waals surface area contributed by atoms with Crippen molar-refractivity contribution in [3.63, 3.8) is 0 Å². The number of hydrogen-bond acceptors (Lipinski definition) is 4. The van der Waals surface area contributed by atoms with Crippen LogP contribution in [0.3, 0.4) is 0 Å². The third-order valence-electron chi connectivity index (χ3n) is 3.49. The molecule has 1 aliphatic rings. The molecule has 4 nitrogen and oxygen atoms in total. The monoisotopic (exact) mass is 320 g/mol. The largest absolute Gasteiger partial charge is 0.382 e. The SMILES string of the molecule is CN(CCNc1ccnc2cc(Br)cnc12)C1CC1. The minimum atomic E-state index is 0.810. The van der Waals surface area contributed by atoms with E-state index in [2.05, 4.69) is 43.2 Å². The maximum Gasteiger partial charge on any atom is 0.112 e. The standard InChI is InChI=1S/C14H17BrN4/c1-19(11-2-3-11)7-6-17-12-4-5-16-13-8-10(15)9-18-14(12)13/h4-5,8-9,11H,2-3,6-7H2,1H3,(H,16,17). The van der Waals surface area contributed by atoms with Crippen molar-refractivity contribution in [1.82, 2.24) is 14.9 Å². The van der Waals surface area contributed by atoms with Crippen molar-refractivity contribution in [1.29, 1.82) is 0 Å². The van der Waals surface area contributed by atoms with Gasteiger partial charge in [0.2, 0.25) is 0 Å². The molecule has 3 rings (SSSR count). The van der Waals surface area contributed by atoms with Gasteiger partial charge in [-0.05, 0) is 48.0 Å². The van der Waals surface area contributed by atoms with Gasteiger partial charge in [-0.1, -0.05) is 0 Å². The zero-order valence-electron chi connectivity index (χ0n) is 10.9. The van der Waals surface area contributed by atoms with Gasteiger partial charge in [0.05, 0.1) is 11.2 Å². The number of nitrogens with one attached hydrogen (secondary N) is 1. The molecule has 2 heterocycles. The van der Waals surface area contributed by atoms with Crippen molar-refractivity contribution in [2.75, 3.05) is 25.5 Å². The van der Waals surface area contributed by atoms with E-state index in [1.807, 2.05) is 24.5 Å². The van der Waals surface area contributed by atoms with Gasteiger partial charge < -0.3 is 10.2 Å². The highest BCUT2D eigenvalue weighted by atomic mass is 79.9. The van der Waals surface area contributed by atoms with Gasteiger partial charge >= 0.3 is 0 Å². The molecular weight excluding hydrogens is 304 g/mol. The van der Waals surface area contributed by atoms with Crippen LogP contribution in [0.4, 0.5) is 5.69 Å². The van der Waals surface area contributed by atoms with E-state index in [0.29, 0.717) is 0 Å². The molecule has 5 heteroatoms. The molecule has 1 N–H and O–H groups in total. The fourth-order valence-electron chi connectivity index (χ4n) is 2.21. The molecule has 100 valence electrons. The third-order valence-corrected chi connectivity index (χ3v) is 3.93. The number of hydrogen-bond donors (Lipinski definition) is 1. The van der Waals surface area contributed by atoms with E-state index in [1.165, 1.54) is 12.8 Å². The minimum absolute atomic E-state index is 0.810. The van der Waals surface area contributed by atoms with E-state index in [0.717, 1.165) is 40.3 Å². The van der Waals surface area contributed by atoms with Crippen LogP contribution in [0, 0.1) is 0 Å². The van der Waals surface area contributed by atoms with E-state index < -0.39 is 0 Å². The fraction of sp³-hybridized carbons (Fsp3) is 0.429. The van der Waals surface area contributed by atoms with Gasteiger partial charge in [0.1, 0.15) is 5.52 Å². The number of rotatable bonds is 5. The summed E-state index contributed by atoms with van der Waals surface area (Å²) in [5, 5.41) is 3.46. The van der Waals surface area contributed by atoms with Crippen molar-refractivity contribution < 1.29 is 0 Å². The molecule has 2 aromatic rings. The minimum Gasteiger partial charge on any atom is -0.382 e. The summed E-state index contributed by atoms with van der Waals surface area (Å²) in [6, 6.07) is 4.79. The second-order valence-electron chi connectivity index (χ2n) is 5.02. The Morgan fingerprint density at radius 1 is 1.42 bits per heavy atom. The van der Waals surface area contributed by atoms with Crippen molar-refractivity contribution in [2.45, 2.75) is 18.9 Å². The van der Waals surface area contributed by atoms with E-state index in [4.69, 9.17) is 0 Å². The van der Waals surface area contributed by atoms with Gasteiger partial charge in [-0.25, -0.2) is 0 Å². The lowest BCUT2D eigenvalue weighted by atomic mass is 10.3. The molecule has 0 saturated heterocycles. The molecular formula is C14H17BrN4. The Balaban J connectivity index is 1.69. The van der Waals surface area contributed by atoms with Crippen LogP contribution in [0.1, 0.15) is 12.8 Å². The lowest BCUT2D eigenvalue weighted by Gasteiger charge is -2.16. The molecule has 1 aliphatic carbocycles. The number of nitrogens with zero attached hydrogens (tertiary/aromatic N) is 3. The average Bonchev–Trinajstić information content (AvgIpc) is 3.22. The lowest BCUT2D eigenvalue weighted by Crippen LogP contribution is -2.27. The Kier molecular flexibility index (Phi) is 3.66. The van der Waals surface area contributed by atoms with Crippen molar-refractivity contribution >= 4 is 32.7 Å². The van der Waals surface area contributed by atoms with Gasteiger partial charge in [-0.2, -0.15) is 0 Å². The van der Waals surface area contributed by atoms with Crippen LogP contribution in [-0.4, -0.2) is 41.0 Å². The van der Waals surface area contributed by atoms with Crippen LogP contribution in [0.5, 0.6) is 0 Å². The fourth-order valence-corrected chi connectivity index (χ4v) is 2.53. The molecule has 0 aliphatic heterocycles. The van der Waals surface area contributed by atoms with E-state index in [1.54, 1.807) is 0 Å². The Morgan fingerprint density at radius 2 is 2.26 bits per heavy atom. The molecule has 0 radical (unpaired) electrons. The maximum absolute atomic E-state index is 4.44. The second kappa shape index (κ2) is 5.43. The van der Waals surface area contributed by atoms with Crippen molar-refractivity contribution in [3.05, 3.63) is 29.0 Å². The third kappa shape index (κ3) is 3.04. The highest BCUT2D eigenvalue weighted by Crippen LogP contribution is 2.25. The summed E-state index contributed by atoms with van der Waals surface area (Å²) in [5.41, 5.74) is 2.90. The molecule has 1 saturated carbocycles. The Bertz CT molecular complexity index is 583. The van der Waals surface area contributed by atoms with Crippen LogP contribution in [0.15, 0.2) is 29.0 Å². The summed E-state index contributed by atoms with van der Waals surface area (Å²) >= 11 is 3.42. The Hall–Kier alpha value is -1.20. The summed E-state index contributed by atoms with van der Waals surface area (Å²) in [5.74, 6) is 0. The summed E-state index contributed by atoms with van der Waals surface area (Å²) in [6.45, 7) is 1.99. The number of pyridine rings is 2. The number of fused-ring (bicyclic) bond motifs is 1. The van der Waals surface area contributed by atoms with E-state index >= 15 is 0 Å². The zero-order valence-corrected chi connectivity index (χ0v) is 12.5. The Labute approximate surface area is 121 Å². The first-order valence-electron chi connectivity index (χ1n) is 6.58. The van der Waals surface area contributed by atoms with Crippen molar-refractivity contribution in [2.24, 2.45) is 0 Å². The van der Waals surface area contributed by atoms with E-state index in [9.17, 15) is 0 Å². The molecule has 19 heavy (non-hydrogen) atoms. The Morgan fingerprint density at radius 3 is 3.05 bits per heavy atom. The van der Waals surface area contributed by atoms with Gasteiger partial charge in [0.15, 0.2) is 0 Å². The summed E-state index contributed by atoms with van der Waals surface area (Å²) in [4.78, 5) is 11.2. The summed E-state index contributed by atoms with van der Waals surface area (Å²) in [6.07, 6.45) is 6.34. The molecule has 0 bridgehead atoms. The second-order valence-corrected chi connectivity index (χ2v) is 5.93. The molecule has 1 fully saturated rings. The zero-order chi connectivity index (χ0) is 13.2. The van der Waals surface area contributed by atoms with Crippen LogP contribution < -0.4 is 5.32 Å². The number of halogens is 1. The predicted octanol–water partition coefficient (Wildman–Crippen LogP) is 2.90. The summed E-state index contributed by atoms with van der Waals surface area (Å²) in [7, 11) is 2.19. The van der Waals surface area contributed by atoms with Gasteiger partial charge in [0, 0.05) is 36.0 Å². The number of aromatic nitrogens is 2. The lowest BCUT2D eigenvalue weighted by molar-refractivity contribution is 0.337. The first-order valence-corrected chi connectivity index (χ1v) is 7.38. The van der Waals surface area contributed by atoms with Crippen LogP contribution in [0.2, 0.25) is 0 Å². The average molecular weight is 321 g/mol. The molecule has 0 unspecified atom stereocenters. The number of likely N-dealkylation sites (N-methyl/N-ethyl adjacent to an activating group) is 1. The highest BCUT2D eigenvalue weighted by Gasteiger charge is 2.25. The van der Waals surface area contributed by atoms with Gasteiger partial charge in [-0.15, -0.1) is 0 Å². The van der Waals surface area contributed by atoms with Gasteiger partial charge in [0.25, 0.3) is 0 Å². The van der Waals surface area contributed by atoms with Crippen molar-refractivity contribution in [3.8, 4) is 0 Å². The molecule has 0 atom stereocenters. The summed E-state index contributed by atoms with van der Waals surface area (Å²) < 4.78 is 0.957. The highest BCUT2D eigenvalue weighted by molar-refractivity contribution is 9.10.